The van der Waals surface area contributed by atoms with Crippen molar-refractivity contribution in [3.63, 3.8) is 0 Å². The predicted octanol–water partition coefficient (Wildman–Crippen LogP) is 11.0. The minimum atomic E-state index is 0.518. The van der Waals surface area contributed by atoms with Crippen molar-refractivity contribution in [1.29, 1.82) is 0 Å². The summed E-state index contributed by atoms with van der Waals surface area (Å²) in [5.74, 6) is 2.23. The van der Waals surface area contributed by atoms with Crippen LogP contribution in [0.3, 0.4) is 0 Å². The van der Waals surface area contributed by atoms with Gasteiger partial charge in [-0.15, -0.1) is 0 Å². The maximum absolute atomic E-state index is 5.72. The van der Waals surface area contributed by atoms with E-state index in [0.29, 0.717) is 23.0 Å². The summed E-state index contributed by atoms with van der Waals surface area (Å²) >= 11 is 5.72. The molecule has 0 spiro atoms. The van der Waals surface area contributed by atoms with Gasteiger partial charge in [-0.3, -0.25) is 0 Å². The smallest absolute Gasteiger partial charge is 0.204 e. The molecule has 0 bridgehead atoms. The molecule has 2 aromatic rings. The highest BCUT2D eigenvalue weighted by atomic mass is 32.1. The largest absolute Gasteiger partial charge is 0.496 e. The van der Waals surface area contributed by atoms with Gasteiger partial charge in [0.05, 0.1) is 34.0 Å². The zero-order valence-corrected chi connectivity index (χ0v) is 27.9. The molecule has 0 aliphatic rings. The van der Waals surface area contributed by atoms with Gasteiger partial charge in [-0.2, -0.15) is 0 Å². The SMILES string of the molecule is CCCCCCCCCCCCCCCCCCc1ccc(C(=S)C=Cc2c(OC)cc(OC)c(OC)c2OC)cc1. The second-order valence-corrected chi connectivity index (χ2v) is 11.6. The van der Waals surface area contributed by atoms with E-state index in [1.165, 1.54) is 108 Å². The Hall–Kier alpha value is -2.53. The van der Waals surface area contributed by atoms with Gasteiger partial charge in [0.15, 0.2) is 11.5 Å². The lowest BCUT2D eigenvalue weighted by molar-refractivity contribution is 0.318. The van der Waals surface area contributed by atoms with Gasteiger partial charge in [-0.1, -0.05) is 140 Å². The molecule has 0 fully saturated rings. The lowest BCUT2D eigenvalue weighted by Gasteiger charge is -2.17. The van der Waals surface area contributed by atoms with Gasteiger partial charge in [0.1, 0.15) is 5.75 Å². The van der Waals surface area contributed by atoms with Gasteiger partial charge in [0.2, 0.25) is 5.75 Å². The molecule has 2 aromatic carbocycles. The first-order valence-electron chi connectivity index (χ1n) is 16.3. The summed E-state index contributed by atoms with van der Waals surface area (Å²) in [7, 11) is 6.40. The molecule has 4 nitrogen and oxygen atoms in total. The summed E-state index contributed by atoms with van der Waals surface area (Å²) in [6.45, 7) is 2.29. The molecule has 0 saturated carbocycles. The van der Waals surface area contributed by atoms with E-state index in [1.54, 1.807) is 34.5 Å². The van der Waals surface area contributed by atoms with Crippen molar-refractivity contribution >= 4 is 23.2 Å². The van der Waals surface area contributed by atoms with E-state index >= 15 is 0 Å². The second kappa shape index (κ2) is 22.1. The first-order chi connectivity index (χ1) is 20.6. The third-order valence-electron chi connectivity index (χ3n) is 8.01. The number of rotatable bonds is 24. The summed E-state index contributed by atoms with van der Waals surface area (Å²) < 4.78 is 22.2. The van der Waals surface area contributed by atoms with Gasteiger partial charge >= 0.3 is 0 Å². The van der Waals surface area contributed by atoms with Crippen LogP contribution >= 0.6 is 12.2 Å². The van der Waals surface area contributed by atoms with Crippen LogP contribution in [0, 0.1) is 0 Å². The van der Waals surface area contributed by atoms with Crippen LogP contribution in [0.1, 0.15) is 126 Å². The van der Waals surface area contributed by atoms with Crippen LogP contribution in [0.25, 0.3) is 6.08 Å². The Morgan fingerprint density at radius 1 is 0.595 bits per heavy atom. The van der Waals surface area contributed by atoms with E-state index in [2.05, 4.69) is 31.2 Å². The van der Waals surface area contributed by atoms with E-state index in [9.17, 15) is 0 Å². The van der Waals surface area contributed by atoms with Crippen molar-refractivity contribution in [2.75, 3.05) is 28.4 Å². The van der Waals surface area contributed by atoms with E-state index in [-0.39, 0.29) is 0 Å². The normalized spacial score (nSPS) is 11.2. The molecule has 42 heavy (non-hydrogen) atoms. The molecule has 234 valence electrons. The molecule has 0 saturated heterocycles. The minimum Gasteiger partial charge on any atom is -0.496 e. The van der Waals surface area contributed by atoms with Crippen molar-refractivity contribution in [3.05, 3.63) is 53.1 Å². The average molecular weight is 597 g/mol. The predicted molar refractivity (Wildman–Crippen MR) is 183 cm³/mol. The number of unbranched alkanes of at least 4 members (excludes halogenated alkanes) is 15. The molecule has 0 aliphatic heterocycles. The Balaban J connectivity index is 1.66. The Kier molecular flexibility index (Phi) is 18.7. The van der Waals surface area contributed by atoms with E-state index in [4.69, 9.17) is 31.2 Å². The number of aryl methyl sites for hydroxylation is 1. The first kappa shape index (κ1) is 35.7. The second-order valence-electron chi connectivity index (χ2n) is 11.2. The van der Waals surface area contributed by atoms with Crippen molar-refractivity contribution in [3.8, 4) is 23.0 Å². The third-order valence-corrected chi connectivity index (χ3v) is 8.38. The Bertz CT molecular complexity index is 1040. The molecular weight excluding hydrogens is 540 g/mol. The summed E-state index contributed by atoms with van der Waals surface area (Å²) in [5.41, 5.74) is 3.15. The van der Waals surface area contributed by atoms with E-state index in [1.807, 2.05) is 12.2 Å². The summed E-state index contributed by atoms with van der Waals surface area (Å²) in [4.78, 5) is 0.753. The van der Waals surface area contributed by atoms with Crippen LogP contribution in [-0.4, -0.2) is 33.3 Å². The number of thiocarbonyl (C=S) groups is 1. The van der Waals surface area contributed by atoms with Crippen molar-refractivity contribution in [2.45, 2.75) is 116 Å². The molecule has 0 atom stereocenters. The molecule has 0 aromatic heterocycles. The summed E-state index contributed by atoms with van der Waals surface area (Å²) in [6, 6.07) is 10.4. The molecular formula is C37H56O4S. The van der Waals surface area contributed by atoms with Crippen LogP contribution in [-0.2, 0) is 6.42 Å². The average Bonchev–Trinajstić information content (AvgIpc) is 3.02. The number of methoxy groups -OCH3 is 4. The Morgan fingerprint density at radius 2 is 1.07 bits per heavy atom. The van der Waals surface area contributed by atoms with Crippen LogP contribution in [0.4, 0.5) is 0 Å². The highest BCUT2D eigenvalue weighted by Gasteiger charge is 2.19. The topological polar surface area (TPSA) is 36.9 Å². The molecule has 0 aliphatic carbocycles. The number of benzene rings is 2. The quantitative estimate of drug-likeness (QED) is 0.0521. The molecule has 0 amide bonds. The van der Waals surface area contributed by atoms with Crippen molar-refractivity contribution in [2.24, 2.45) is 0 Å². The standard InChI is InChI=1S/C37H56O4S/c1-6-7-8-9-10-11-12-13-14-15-16-17-18-19-20-21-22-30-23-25-31(26-24-30)35(42)28-27-32-33(38-2)29-34(39-3)37(41-5)36(32)40-4/h23-29H,6-22H2,1-5H3. The van der Waals surface area contributed by atoms with E-state index in [0.717, 1.165) is 22.4 Å². The molecule has 2 rings (SSSR count). The highest BCUT2D eigenvalue weighted by Crippen LogP contribution is 2.45. The van der Waals surface area contributed by atoms with Crippen LogP contribution < -0.4 is 18.9 Å². The van der Waals surface area contributed by atoms with Gasteiger partial charge < -0.3 is 18.9 Å². The molecule has 0 radical (unpaired) electrons. The lowest BCUT2D eigenvalue weighted by atomic mass is 10.0. The van der Waals surface area contributed by atoms with Crippen LogP contribution in [0.15, 0.2) is 36.4 Å². The maximum atomic E-state index is 5.72. The molecule has 5 heteroatoms. The zero-order chi connectivity index (χ0) is 30.4. The molecule has 0 heterocycles. The molecule has 0 unspecified atom stereocenters. The van der Waals surface area contributed by atoms with Crippen LogP contribution in [0.5, 0.6) is 23.0 Å². The first-order valence-corrected chi connectivity index (χ1v) is 16.7. The van der Waals surface area contributed by atoms with Crippen molar-refractivity contribution in [1.82, 2.24) is 0 Å². The van der Waals surface area contributed by atoms with Crippen LogP contribution in [0.2, 0.25) is 0 Å². The highest BCUT2D eigenvalue weighted by molar-refractivity contribution is 7.81. The minimum absolute atomic E-state index is 0.518. The van der Waals surface area contributed by atoms with Gasteiger partial charge in [-0.25, -0.2) is 0 Å². The van der Waals surface area contributed by atoms with Gasteiger partial charge in [0.25, 0.3) is 0 Å². The monoisotopic (exact) mass is 596 g/mol. The number of hydrogen-bond acceptors (Lipinski definition) is 5. The number of hydrogen-bond donors (Lipinski definition) is 0. The lowest BCUT2D eigenvalue weighted by Crippen LogP contribution is -2.00. The Morgan fingerprint density at radius 3 is 1.52 bits per heavy atom. The van der Waals surface area contributed by atoms with Gasteiger partial charge in [-0.05, 0) is 36.1 Å². The summed E-state index contributed by atoms with van der Waals surface area (Å²) in [5, 5.41) is 0. The fourth-order valence-corrected chi connectivity index (χ4v) is 5.66. The number of ether oxygens (including phenoxy) is 4. The molecule has 0 N–H and O–H groups in total. The van der Waals surface area contributed by atoms with Crippen molar-refractivity contribution < 1.29 is 18.9 Å². The Labute approximate surface area is 262 Å². The fourth-order valence-electron chi connectivity index (χ4n) is 5.45. The fraction of sp³-hybridized carbons (Fsp3) is 0.595. The zero-order valence-electron chi connectivity index (χ0n) is 27.1. The number of allylic oxidation sites excluding steroid dienone is 1. The maximum Gasteiger partial charge on any atom is 0.204 e. The van der Waals surface area contributed by atoms with Gasteiger partial charge in [0, 0.05) is 10.9 Å². The summed E-state index contributed by atoms with van der Waals surface area (Å²) in [6.07, 6.45) is 27.3. The van der Waals surface area contributed by atoms with E-state index < -0.39 is 0 Å². The third kappa shape index (κ3) is 12.8.